The first-order valence-corrected chi connectivity index (χ1v) is 5.33. The van der Waals surface area contributed by atoms with Crippen LogP contribution >= 0.6 is 0 Å². The molecule has 0 aliphatic heterocycles. The van der Waals surface area contributed by atoms with E-state index in [1.54, 1.807) is 0 Å². The number of hydrogen-bond donors (Lipinski definition) is 2. The molecular formula is C13H20N2. The Bertz CT molecular complexity index is 357. The molecular weight excluding hydrogens is 184 g/mol. The number of hydrogen-bond acceptors (Lipinski definition) is 2. The quantitative estimate of drug-likeness (QED) is 0.693. The number of allylic oxidation sites excluding steroid dienone is 6. The van der Waals surface area contributed by atoms with Gasteiger partial charge >= 0.3 is 0 Å². The van der Waals surface area contributed by atoms with Gasteiger partial charge < -0.3 is 11.5 Å². The van der Waals surface area contributed by atoms with E-state index in [4.69, 9.17) is 11.5 Å². The average molecular weight is 204 g/mol. The zero-order chi connectivity index (χ0) is 11.4. The summed E-state index contributed by atoms with van der Waals surface area (Å²) in [6.07, 6.45) is 8.14. The molecule has 0 saturated heterocycles. The minimum atomic E-state index is 0.415. The molecule has 0 radical (unpaired) electrons. The van der Waals surface area contributed by atoms with Crippen LogP contribution in [0.5, 0.6) is 0 Å². The zero-order valence-electron chi connectivity index (χ0n) is 9.75. The largest absolute Gasteiger partial charge is 0.398 e. The second kappa shape index (κ2) is 4.99. The van der Waals surface area contributed by atoms with Gasteiger partial charge in [0.05, 0.1) is 0 Å². The maximum absolute atomic E-state index is 6.01. The molecule has 0 aromatic rings. The molecule has 0 aromatic heterocycles. The first-order chi connectivity index (χ1) is 7.11. The van der Waals surface area contributed by atoms with Crippen LogP contribution in [0.15, 0.2) is 46.7 Å². The first kappa shape index (κ1) is 11.8. The monoisotopic (exact) mass is 204 g/mol. The van der Waals surface area contributed by atoms with Gasteiger partial charge in [-0.15, -0.1) is 0 Å². The highest BCUT2D eigenvalue weighted by atomic mass is 14.6. The van der Waals surface area contributed by atoms with Crippen LogP contribution in [-0.4, -0.2) is 6.54 Å². The van der Waals surface area contributed by atoms with Crippen molar-refractivity contribution in [2.24, 2.45) is 17.4 Å². The molecule has 1 unspecified atom stereocenters. The molecule has 0 heterocycles. The Labute approximate surface area is 92.0 Å². The molecule has 4 N–H and O–H groups in total. The Morgan fingerprint density at radius 1 is 1.53 bits per heavy atom. The first-order valence-electron chi connectivity index (χ1n) is 5.33. The van der Waals surface area contributed by atoms with Crippen molar-refractivity contribution in [1.82, 2.24) is 0 Å². The molecule has 0 aromatic carbocycles. The van der Waals surface area contributed by atoms with Crippen molar-refractivity contribution in [3.8, 4) is 0 Å². The van der Waals surface area contributed by atoms with Gasteiger partial charge in [0.25, 0.3) is 0 Å². The summed E-state index contributed by atoms with van der Waals surface area (Å²) in [6.45, 7) is 6.88. The van der Waals surface area contributed by atoms with E-state index in [-0.39, 0.29) is 0 Å². The maximum Gasteiger partial charge on any atom is 0.0358 e. The van der Waals surface area contributed by atoms with Gasteiger partial charge in [-0.05, 0) is 31.1 Å². The van der Waals surface area contributed by atoms with Crippen molar-refractivity contribution < 1.29 is 0 Å². The number of rotatable bonds is 3. The Morgan fingerprint density at radius 2 is 2.20 bits per heavy atom. The summed E-state index contributed by atoms with van der Waals surface area (Å²) >= 11 is 0. The molecule has 2 nitrogen and oxygen atoms in total. The van der Waals surface area contributed by atoms with Crippen LogP contribution in [0.25, 0.3) is 0 Å². The lowest BCUT2D eigenvalue weighted by atomic mass is 9.92. The normalized spacial score (nSPS) is 22.8. The third kappa shape index (κ3) is 2.39. The molecule has 0 amide bonds. The molecule has 0 spiro atoms. The summed E-state index contributed by atoms with van der Waals surface area (Å²) < 4.78 is 0. The van der Waals surface area contributed by atoms with Crippen LogP contribution in [0.1, 0.15) is 20.8 Å². The van der Waals surface area contributed by atoms with Crippen molar-refractivity contribution in [1.29, 1.82) is 0 Å². The molecule has 82 valence electrons. The molecule has 2 heteroatoms. The minimum absolute atomic E-state index is 0.415. The van der Waals surface area contributed by atoms with Crippen molar-refractivity contribution in [2.45, 2.75) is 20.8 Å². The second-order valence-corrected chi connectivity index (χ2v) is 3.86. The Hall–Kier alpha value is -1.28. The van der Waals surface area contributed by atoms with Crippen molar-refractivity contribution in [3.63, 3.8) is 0 Å². The second-order valence-electron chi connectivity index (χ2n) is 3.86. The maximum atomic E-state index is 6.01. The highest BCUT2D eigenvalue weighted by Crippen LogP contribution is 2.34. The molecule has 1 aliphatic carbocycles. The van der Waals surface area contributed by atoms with Gasteiger partial charge in [-0.25, -0.2) is 0 Å². The van der Waals surface area contributed by atoms with Crippen molar-refractivity contribution in [2.75, 3.05) is 6.54 Å². The lowest BCUT2D eigenvalue weighted by Crippen LogP contribution is -2.04. The highest BCUT2D eigenvalue weighted by Gasteiger charge is 2.21. The fraction of sp³-hybridized carbons (Fsp3) is 0.385. The van der Waals surface area contributed by atoms with Crippen LogP contribution < -0.4 is 11.5 Å². The minimum Gasteiger partial charge on any atom is -0.398 e. The third-order valence-corrected chi connectivity index (χ3v) is 2.87. The van der Waals surface area contributed by atoms with Crippen LogP contribution in [-0.2, 0) is 0 Å². The van der Waals surface area contributed by atoms with E-state index in [9.17, 15) is 0 Å². The van der Waals surface area contributed by atoms with E-state index in [0.29, 0.717) is 12.5 Å². The summed E-state index contributed by atoms with van der Waals surface area (Å²) in [5, 5.41) is 0. The molecule has 1 atom stereocenters. The van der Waals surface area contributed by atoms with Crippen LogP contribution in [0.4, 0.5) is 0 Å². The number of nitrogens with two attached hydrogens (primary N) is 2. The van der Waals surface area contributed by atoms with Gasteiger partial charge in [0.15, 0.2) is 0 Å². The predicted octanol–water partition coefficient (Wildman–Crippen LogP) is 2.26. The SMILES string of the molecule is C/C=C(\C=C/CN)C1=C(N)C=C(C)C1C. The fourth-order valence-electron chi connectivity index (χ4n) is 1.88. The smallest absolute Gasteiger partial charge is 0.0358 e. The van der Waals surface area contributed by atoms with E-state index < -0.39 is 0 Å². The van der Waals surface area contributed by atoms with E-state index in [1.807, 2.05) is 19.1 Å². The predicted molar refractivity (Wildman–Crippen MR) is 66.1 cm³/mol. The summed E-state index contributed by atoms with van der Waals surface area (Å²) in [5.74, 6) is 0.415. The van der Waals surface area contributed by atoms with Gasteiger partial charge in [0, 0.05) is 18.2 Å². The summed E-state index contributed by atoms with van der Waals surface area (Å²) in [6, 6.07) is 0. The topological polar surface area (TPSA) is 52.0 Å². The van der Waals surface area contributed by atoms with Crippen molar-refractivity contribution >= 4 is 0 Å². The zero-order valence-corrected chi connectivity index (χ0v) is 9.75. The van der Waals surface area contributed by atoms with Gasteiger partial charge in [-0.3, -0.25) is 0 Å². The van der Waals surface area contributed by atoms with Gasteiger partial charge in [0.2, 0.25) is 0 Å². The van der Waals surface area contributed by atoms with E-state index >= 15 is 0 Å². The van der Waals surface area contributed by atoms with E-state index in [0.717, 1.165) is 5.70 Å². The van der Waals surface area contributed by atoms with Crippen molar-refractivity contribution in [3.05, 3.63) is 46.7 Å². The van der Waals surface area contributed by atoms with Gasteiger partial charge in [-0.1, -0.05) is 30.7 Å². The lowest BCUT2D eigenvalue weighted by Gasteiger charge is -2.13. The highest BCUT2D eigenvalue weighted by molar-refractivity contribution is 5.53. The molecule has 0 saturated carbocycles. The Morgan fingerprint density at radius 3 is 2.60 bits per heavy atom. The Balaban J connectivity index is 2.99. The molecule has 0 fully saturated rings. The molecule has 15 heavy (non-hydrogen) atoms. The van der Waals surface area contributed by atoms with Crippen LogP contribution in [0.2, 0.25) is 0 Å². The van der Waals surface area contributed by atoms with E-state index in [1.165, 1.54) is 16.7 Å². The van der Waals surface area contributed by atoms with Gasteiger partial charge in [0.1, 0.15) is 0 Å². The molecule has 1 aliphatic rings. The molecule has 1 rings (SSSR count). The summed E-state index contributed by atoms with van der Waals surface area (Å²) in [7, 11) is 0. The third-order valence-electron chi connectivity index (χ3n) is 2.87. The van der Waals surface area contributed by atoms with Crippen LogP contribution in [0, 0.1) is 5.92 Å². The Kier molecular flexibility index (Phi) is 3.92. The standard InChI is InChI=1S/C13H20N2/c1-4-11(6-5-7-14)13-10(3)9(2)8-12(13)15/h4-6,8,10H,7,14-15H2,1-3H3/b6-5-,11-4+. The summed E-state index contributed by atoms with van der Waals surface area (Å²) in [4.78, 5) is 0. The fourth-order valence-corrected chi connectivity index (χ4v) is 1.88. The molecule has 0 bridgehead atoms. The lowest BCUT2D eigenvalue weighted by molar-refractivity contribution is 0.829. The van der Waals surface area contributed by atoms with Gasteiger partial charge in [-0.2, -0.15) is 0 Å². The van der Waals surface area contributed by atoms with Crippen LogP contribution in [0.3, 0.4) is 0 Å². The van der Waals surface area contributed by atoms with E-state index in [2.05, 4.69) is 26.0 Å². The summed E-state index contributed by atoms with van der Waals surface area (Å²) in [5.41, 5.74) is 16.1. The average Bonchev–Trinajstić information content (AvgIpc) is 2.45.